The minimum Gasteiger partial charge on any atom is -0.308 e. The Morgan fingerprint density at radius 3 is 1.34 bits per heavy atom. The summed E-state index contributed by atoms with van der Waals surface area (Å²) in [5, 5.41) is 2.21. The smallest absolute Gasteiger partial charge is 0.268 e. The number of fused-ring (bicyclic) bond motifs is 4. The maximum Gasteiger partial charge on any atom is 0.268 e. The van der Waals surface area contributed by atoms with Crippen LogP contribution in [0.5, 0.6) is 0 Å². The zero-order valence-electron chi connectivity index (χ0n) is 32.7. The first-order chi connectivity index (χ1) is 26.9. The molecule has 7 aromatic carbocycles. The third kappa shape index (κ3) is 5.76. The van der Waals surface area contributed by atoms with E-state index in [-0.39, 0.29) is 22.6 Å². The molecule has 1 aliphatic heterocycles. The summed E-state index contributed by atoms with van der Waals surface area (Å²) in [6.07, 6.45) is 0. The van der Waals surface area contributed by atoms with Crippen LogP contribution in [0.1, 0.15) is 73.4 Å². The molecule has 56 heavy (non-hydrogen) atoms. The van der Waals surface area contributed by atoms with Crippen LogP contribution in [0.4, 0.5) is 5.69 Å². The van der Waals surface area contributed by atoms with E-state index in [1.165, 1.54) is 16.0 Å². The van der Waals surface area contributed by atoms with E-state index in [1.807, 2.05) is 91.0 Å². The largest absolute Gasteiger partial charge is 0.308 e. The number of benzene rings is 7. The maximum atomic E-state index is 15.5. The summed E-state index contributed by atoms with van der Waals surface area (Å²) in [4.78, 5) is 31.9. The Balaban J connectivity index is 1.33. The van der Waals surface area contributed by atoms with Crippen molar-refractivity contribution >= 4 is 39.3 Å². The molecule has 274 valence electrons. The van der Waals surface area contributed by atoms with Crippen molar-refractivity contribution in [1.29, 1.82) is 0 Å². The zero-order valence-corrected chi connectivity index (χ0v) is 32.7. The molecule has 0 aliphatic carbocycles. The van der Waals surface area contributed by atoms with Crippen molar-refractivity contribution in [1.82, 2.24) is 4.57 Å². The Kier molecular flexibility index (Phi) is 8.21. The molecule has 0 atom stereocenters. The van der Waals surface area contributed by atoms with Crippen LogP contribution in [-0.4, -0.2) is 16.4 Å². The zero-order chi connectivity index (χ0) is 38.9. The maximum absolute atomic E-state index is 15.5. The summed E-state index contributed by atoms with van der Waals surface area (Å²) in [6, 6.07) is 53.7. The van der Waals surface area contributed by atoms with Crippen LogP contribution in [0.15, 0.2) is 158 Å². The van der Waals surface area contributed by atoms with E-state index in [0.717, 1.165) is 55.2 Å². The monoisotopic (exact) mass is 728 g/mol. The van der Waals surface area contributed by atoms with Gasteiger partial charge in [-0.05, 0) is 80.6 Å². The van der Waals surface area contributed by atoms with Gasteiger partial charge in [-0.3, -0.25) is 9.59 Å². The molecule has 0 spiro atoms. The summed E-state index contributed by atoms with van der Waals surface area (Å²) in [5.74, 6) is -0.670. The van der Waals surface area contributed by atoms with Gasteiger partial charge in [-0.25, -0.2) is 4.90 Å². The SMILES string of the molecule is CC(C)(C)c1ccc2c3ccc(C(C)(C)C)cc3n(-c3cccc4c3C(=O)N(c3c(-c5ccccc5)cc(-c5ccccc5)cc3-c3ccccc3)C4=O)c2c1. The van der Waals surface area contributed by atoms with Gasteiger partial charge in [0.15, 0.2) is 0 Å². The minimum absolute atomic E-state index is 0.0964. The van der Waals surface area contributed by atoms with Gasteiger partial charge in [0, 0.05) is 21.9 Å². The van der Waals surface area contributed by atoms with Crippen molar-refractivity contribution in [2.45, 2.75) is 52.4 Å². The third-order valence-electron chi connectivity index (χ3n) is 11.2. The molecule has 0 bridgehead atoms. The van der Waals surface area contributed by atoms with Crippen molar-refractivity contribution in [2.24, 2.45) is 0 Å². The minimum atomic E-state index is -0.337. The van der Waals surface area contributed by atoms with Gasteiger partial charge in [-0.1, -0.05) is 163 Å². The highest BCUT2D eigenvalue weighted by molar-refractivity contribution is 6.37. The summed E-state index contributed by atoms with van der Waals surface area (Å²) >= 11 is 0. The summed E-state index contributed by atoms with van der Waals surface area (Å²) in [7, 11) is 0. The second-order valence-electron chi connectivity index (χ2n) is 17.0. The highest BCUT2D eigenvalue weighted by atomic mass is 16.2. The van der Waals surface area contributed by atoms with Gasteiger partial charge in [0.1, 0.15) is 0 Å². The van der Waals surface area contributed by atoms with Crippen LogP contribution in [0.25, 0.3) is 60.9 Å². The van der Waals surface area contributed by atoms with E-state index < -0.39 is 0 Å². The van der Waals surface area contributed by atoms with E-state index in [4.69, 9.17) is 0 Å². The predicted molar refractivity (Wildman–Crippen MR) is 232 cm³/mol. The van der Waals surface area contributed by atoms with Crippen LogP contribution in [0, 0.1) is 0 Å². The van der Waals surface area contributed by atoms with Crippen LogP contribution < -0.4 is 4.90 Å². The molecule has 2 amide bonds. The molecular weight excluding hydrogens is 685 g/mol. The van der Waals surface area contributed by atoms with Gasteiger partial charge in [0.2, 0.25) is 0 Å². The predicted octanol–water partition coefficient (Wildman–Crippen LogP) is 13.2. The lowest BCUT2D eigenvalue weighted by Crippen LogP contribution is -2.30. The molecule has 0 radical (unpaired) electrons. The summed E-state index contributed by atoms with van der Waals surface area (Å²) < 4.78 is 2.22. The van der Waals surface area contributed by atoms with E-state index in [9.17, 15) is 0 Å². The van der Waals surface area contributed by atoms with Crippen molar-refractivity contribution in [2.75, 3.05) is 4.90 Å². The number of carbonyl (C=O) groups excluding carboxylic acids is 2. The number of carbonyl (C=O) groups is 2. The number of nitrogens with zero attached hydrogens (tertiary/aromatic N) is 2. The highest BCUT2D eigenvalue weighted by Crippen LogP contribution is 2.47. The highest BCUT2D eigenvalue weighted by Gasteiger charge is 2.42. The van der Waals surface area contributed by atoms with Gasteiger partial charge < -0.3 is 4.57 Å². The molecule has 1 aromatic heterocycles. The lowest BCUT2D eigenvalue weighted by molar-refractivity contribution is 0.0926. The fraction of sp³-hybridized carbons (Fsp3) is 0.154. The quantitative estimate of drug-likeness (QED) is 0.166. The topological polar surface area (TPSA) is 42.3 Å². The molecule has 0 saturated carbocycles. The molecule has 4 heteroatoms. The average Bonchev–Trinajstić information content (AvgIpc) is 3.67. The van der Waals surface area contributed by atoms with Crippen LogP contribution >= 0.6 is 0 Å². The lowest BCUT2D eigenvalue weighted by Gasteiger charge is -2.24. The van der Waals surface area contributed by atoms with Crippen LogP contribution in [0.2, 0.25) is 0 Å². The van der Waals surface area contributed by atoms with Gasteiger partial charge >= 0.3 is 0 Å². The molecule has 0 saturated heterocycles. The molecule has 8 aromatic rings. The van der Waals surface area contributed by atoms with E-state index in [1.54, 1.807) is 6.07 Å². The number of hydrogen-bond donors (Lipinski definition) is 0. The van der Waals surface area contributed by atoms with Gasteiger partial charge in [-0.2, -0.15) is 0 Å². The molecule has 9 rings (SSSR count). The second kappa shape index (κ2) is 13.1. The standard InChI is InChI=1S/C52H44N2O2/c1-51(2,3)37-25-27-39-40-28-26-38(52(4,5)6)32-46(40)53(45(39)31-37)44-24-16-23-41-47(44)50(56)54(49(41)55)48-42(34-19-12-8-13-20-34)29-36(33-17-10-7-11-18-33)30-43(48)35-21-14-9-15-22-35/h7-32H,1-6H3. The molecular formula is C52H44N2O2. The normalized spacial score (nSPS) is 13.2. The summed E-state index contributed by atoms with van der Waals surface area (Å²) in [6.45, 7) is 13.3. The molecule has 0 fully saturated rings. The number of amides is 2. The molecule has 1 aliphatic rings. The van der Waals surface area contributed by atoms with Crippen LogP contribution in [-0.2, 0) is 10.8 Å². The molecule has 4 nitrogen and oxygen atoms in total. The Hall–Kier alpha value is -6.52. The van der Waals surface area contributed by atoms with Gasteiger partial charge in [-0.15, -0.1) is 0 Å². The van der Waals surface area contributed by atoms with Gasteiger partial charge in [0.25, 0.3) is 11.8 Å². The lowest BCUT2D eigenvalue weighted by atomic mass is 9.86. The molecule has 2 heterocycles. The number of aromatic nitrogens is 1. The van der Waals surface area contributed by atoms with Crippen molar-refractivity contribution in [3.63, 3.8) is 0 Å². The van der Waals surface area contributed by atoms with E-state index >= 15 is 9.59 Å². The third-order valence-corrected chi connectivity index (χ3v) is 11.2. The number of hydrogen-bond acceptors (Lipinski definition) is 2. The fourth-order valence-corrected chi connectivity index (χ4v) is 8.22. The first kappa shape index (κ1) is 35.2. The summed E-state index contributed by atoms with van der Waals surface area (Å²) in [5.41, 5.74) is 11.8. The Bertz CT molecular complexity index is 2700. The average molecular weight is 729 g/mol. The number of anilines is 1. The van der Waals surface area contributed by atoms with Crippen molar-refractivity contribution in [3.8, 4) is 39.1 Å². The molecule has 0 N–H and O–H groups in total. The van der Waals surface area contributed by atoms with E-state index in [0.29, 0.717) is 22.5 Å². The van der Waals surface area contributed by atoms with Gasteiger partial charge in [0.05, 0.1) is 33.5 Å². The second-order valence-corrected chi connectivity index (χ2v) is 17.0. The van der Waals surface area contributed by atoms with Crippen molar-refractivity contribution in [3.05, 3.63) is 180 Å². The number of imide groups is 1. The first-order valence-corrected chi connectivity index (χ1v) is 19.4. The Labute approximate surface area is 328 Å². The van der Waals surface area contributed by atoms with Crippen molar-refractivity contribution < 1.29 is 9.59 Å². The van der Waals surface area contributed by atoms with E-state index in [2.05, 4.69) is 107 Å². The Morgan fingerprint density at radius 1 is 0.411 bits per heavy atom. The molecule has 0 unspecified atom stereocenters. The Morgan fingerprint density at radius 2 is 0.875 bits per heavy atom. The fourth-order valence-electron chi connectivity index (χ4n) is 8.22. The van der Waals surface area contributed by atoms with Crippen LogP contribution in [0.3, 0.4) is 0 Å². The number of rotatable bonds is 5. The first-order valence-electron chi connectivity index (χ1n) is 19.4.